The van der Waals surface area contributed by atoms with E-state index < -0.39 is 77.6 Å². The summed E-state index contributed by atoms with van der Waals surface area (Å²) in [5.41, 5.74) is -1.05. The van der Waals surface area contributed by atoms with Gasteiger partial charge in [-0.3, -0.25) is 14.4 Å². The van der Waals surface area contributed by atoms with Crippen LogP contribution in [0.4, 0.5) is 13.2 Å². The lowest BCUT2D eigenvalue weighted by molar-refractivity contribution is -0.166. The molecule has 1 fully saturated rings. The molecular formula is C26H24F3N3O7S. The number of hydrogen-bond donors (Lipinski definition) is 2. The lowest BCUT2D eigenvalue weighted by Gasteiger charge is -2.45. The molecule has 0 saturated carbocycles. The number of carboxylic acids is 2. The number of benzene rings is 2. The van der Waals surface area contributed by atoms with Gasteiger partial charge in [-0.2, -0.15) is 0 Å². The summed E-state index contributed by atoms with van der Waals surface area (Å²) < 4.78 is 53.9. The zero-order chi connectivity index (χ0) is 29.0. The second-order valence-electron chi connectivity index (χ2n) is 9.13. The third kappa shape index (κ3) is 6.80. The molecule has 1 aliphatic heterocycles. The number of ether oxygens (including phenoxy) is 2. The highest BCUT2D eigenvalue weighted by atomic mass is 32.2. The van der Waals surface area contributed by atoms with Crippen molar-refractivity contribution >= 4 is 29.7 Å². The predicted molar refractivity (Wildman–Crippen MR) is 133 cm³/mol. The summed E-state index contributed by atoms with van der Waals surface area (Å²) in [5, 5.41) is 27.5. The van der Waals surface area contributed by atoms with Gasteiger partial charge in [-0.25, -0.2) is 17.9 Å². The van der Waals surface area contributed by atoms with E-state index in [-0.39, 0.29) is 17.9 Å². The Bertz CT molecular complexity index is 1370. The van der Waals surface area contributed by atoms with Crippen molar-refractivity contribution in [3.8, 4) is 11.3 Å². The Balaban J connectivity index is 1.81. The summed E-state index contributed by atoms with van der Waals surface area (Å²) in [6, 6.07) is 9.43. The predicted octanol–water partition coefficient (Wildman–Crippen LogP) is 4.17. The Morgan fingerprint density at radius 2 is 1.65 bits per heavy atom. The number of thioether (sulfide) groups is 1. The highest BCUT2D eigenvalue weighted by Crippen LogP contribution is 2.47. The number of aliphatic carboxylic acids is 2. The summed E-state index contributed by atoms with van der Waals surface area (Å²) in [6.07, 6.45) is -0.672. The van der Waals surface area contributed by atoms with Crippen molar-refractivity contribution in [2.45, 2.75) is 42.2 Å². The van der Waals surface area contributed by atoms with Crippen LogP contribution in [0.15, 0.2) is 53.6 Å². The van der Waals surface area contributed by atoms with Crippen molar-refractivity contribution in [3.05, 3.63) is 66.1 Å². The third-order valence-corrected chi connectivity index (χ3v) is 7.61. The van der Waals surface area contributed by atoms with Crippen LogP contribution in [0.5, 0.6) is 0 Å². The van der Waals surface area contributed by atoms with Gasteiger partial charge in [-0.1, -0.05) is 35.2 Å². The molecule has 14 heteroatoms. The zero-order valence-electron chi connectivity index (χ0n) is 20.9. The molecule has 2 aromatic carbocycles. The molecule has 1 aliphatic rings. The molecule has 2 N–H and O–H groups in total. The molecule has 5 atom stereocenters. The molecule has 0 spiro atoms. The summed E-state index contributed by atoms with van der Waals surface area (Å²) in [6.45, 7) is 0.867. The molecule has 1 saturated heterocycles. The number of carboxylic acid groups (broad SMARTS) is 2. The molecule has 0 amide bonds. The maximum absolute atomic E-state index is 13.9. The van der Waals surface area contributed by atoms with Gasteiger partial charge in [-0.15, -0.1) is 5.10 Å². The number of aromatic nitrogens is 3. The fourth-order valence-electron chi connectivity index (χ4n) is 4.71. The standard InChI is InChI=1S/C26H24F3N3O7S/c1-13(33)38-12-21-16(9-22(34)35)25(17(10-23(36)37)26(39-21)40-15-5-3-2-4-6-15)32-11-20(30-31-32)14-7-18(27)24(29)19(28)8-14/h2-8,11,16-17,21,25-26H,9-10,12H2,1H3,(H,34,35)(H,36,37)/t16-,17+,21-,25-,26-/m0/s1. The van der Waals surface area contributed by atoms with E-state index in [0.29, 0.717) is 0 Å². The monoisotopic (exact) mass is 579 g/mol. The summed E-state index contributed by atoms with van der Waals surface area (Å²) in [4.78, 5) is 36.2. The quantitative estimate of drug-likeness (QED) is 0.266. The molecule has 3 aromatic rings. The van der Waals surface area contributed by atoms with Crippen LogP contribution in [0.2, 0.25) is 0 Å². The van der Waals surface area contributed by atoms with Crippen LogP contribution in [0.25, 0.3) is 11.3 Å². The number of carbonyl (C=O) groups is 3. The molecule has 0 bridgehead atoms. The average molecular weight is 580 g/mol. The minimum atomic E-state index is -1.65. The second-order valence-corrected chi connectivity index (χ2v) is 10.3. The first kappa shape index (κ1) is 29.1. The van der Waals surface area contributed by atoms with Gasteiger partial charge in [0.2, 0.25) is 0 Å². The van der Waals surface area contributed by atoms with Crippen molar-refractivity contribution < 1.29 is 47.2 Å². The number of nitrogens with zero attached hydrogens (tertiary/aromatic N) is 3. The van der Waals surface area contributed by atoms with E-state index in [1.807, 2.05) is 0 Å². The first-order valence-electron chi connectivity index (χ1n) is 12.0. The van der Waals surface area contributed by atoms with Crippen LogP contribution in [-0.2, 0) is 23.9 Å². The molecule has 2 heterocycles. The largest absolute Gasteiger partial charge is 0.481 e. The van der Waals surface area contributed by atoms with Gasteiger partial charge in [0.15, 0.2) is 17.5 Å². The van der Waals surface area contributed by atoms with Gasteiger partial charge in [0.1, 0.15) is 17.7 Å². The number of halogens is 3. The number of hydrogen-bond acceptors (Lipinski definition) is 8. The molecule has 0 unspecified atom stereocenters. The van der Waals surface area contributed by atoms with Crippen molar-refractivity contribution in [2.75, 3.05) is 6.61 Å². The Morgan fingerprint density at radius 3 is 2.25 bits per heavy atom. The zero-order valence-corrected chi connectivity index (χ0v) is 21.8. The molecule has 40 heavy (non-hydrogen) atoms. The van der Waals surface area contributed by atoms with Crippen molar-refractivity contribution in [1.29, 1.82) is 0 Å². The normalized spacial score (nSPS) is 22.6. The Kier molecular flexibility index (Phi) is 9.10. The summed E-state index contributed by atoms with van der Waals surface area (Å²) >= 11 is 1.20. The van der Waals surface area contributed by atoms with Crippen LogP contribution in [0.3, 0.4) is 0 Å². The van der Waals surface area contributed by atoms with Crippen LogP contribution >= 0.6 is 11.8 Å². The van der Waals surface area contributed by atoms with Crippen molar-refractivity contribution in [2.24, 2.45) is 11.8 Å². The number of carbonyl (C=O) groups excluding carboxylic acids is 1. The van der Waals surface area contributed by atoms with Gasteiger partial charge in [0.25, 0.3) is 0 Å². The van der Waals surface area contributed by atoms with Gasteiger partial charge in [-0.05, 0) is 24.3 Å². The minimum Gasteiger partial charge on any atom is -0.481 e. The molecule has 212 valence electrons. The average Bonchev–Trinajstić information content (AvgIpc) is 3.37. The SMILES string of the molecule is CC(=O)OC[C@@H]1O[C@@H](Sc2ccccc2)[C@H](CC(=O)O)[C@@H](n2cc(-c3cc(F)c(F)c(F)c3)nn2)[C@H]1CC(=O)O. The van der Waals surface area contributed by atoms with Crippen LogP contribution in [-0.4, -0.2) is 61.3 Å². The fraction of sp³-hybridized carbons (Fsp3) is 0.346. The maximum Gasteiger partial charge on any atom is 0.303 e. The van der Waals surface area contributed by atoms with E-state index in [1.165, 1.54) is 29.6 Å². The lowest BCUT2D eigenvalue weighted by Crippen LogP contribution is -2.50. The summed E-state index contributed by atoms with van der Waals surface area (Å²) in [5.74, 6) is -9.41. The maximum atomic E-state index is 13.9. The van der Waals surface area contributed by atoms with Crippen LogP contribution in [0.1, 0.15) is 25.8 Å². The Labute approximate surface area is 230 Å². The van der Waals surface area contributed by atoms with Gasteiger partial charge >= 0.3 is 17.9 Å². The third-order valence-electron chi connectivity index (χ3n) is 6.38. The highest BCUT2D eigenvalue weighted by Gasteiger charge is 2.49. The topological polar surface area (TPSA) is 141 Å². The Morgan fingerprint density at radius 1 is 1.02 bits per heavy atom. The second kappa shape index (κ2) is 12.5. The lowest BCUT2D eigenvalue weighted by atomic mass is 9.79. The first-order valence-corrected chi connectivity index (χ1v) is 12.9. The first-order chi connectivity index (χ1) is 19.0. The van der Waals surface area contributed by atoms with E-state index >= 15 is 0 Å². The molecule has 0 radical (unpaired) electrons. The van der Waals surface area contributed by atoms with E-state index in [2.05, 4.69) is 10.3 Å². The van der Waals surface area contributed by atoms with E-state index in [1.54, 1.807) is 30.3 Å². The number of rotatable bonds is 10. The van der Waals surface area contributed by atoms with Crippen LogP contribution < -0.4 is 0 Å². The molecule has 10 nitrogen and oxygen atoms in total. The summed E-state index contributed by atoms with van der Waals surface area (Å²) in [7, 11) is 0. The smallest absolute Gasteiger partial charge is 0.303 e. The van der Waals surface area contributed by atoms with Gasteiger partial charge in [0.05, 0.1) is 31.2 Å². The molecule has 1 aromatic heterocycles. The van der Waals surface area contributed by atoms with Gasteiger partial charge < -0.3 is 19.7 Å². The van der Waals surface area contributed by atoms with Gasteiger partial charge in [0, 0.05) is 29.2 Å². The van der Waals surface area contributed by atoms with E-state index in [4.69, 9.17) is 9.47 Å². The minimum absolute atomic E-state index is 0.0590. The van der Waals surface area contributed by atoms with Crippen LogP contribution in [0, 0.1) is 29.3 Å². The Hall–Kier alpha value is -3.91. The molecular weight excluding hydrogens is 555 g/mol. The van der Waals surface area contributed by atoms with E-state index in [0.717, 1.165) is 17.0 Å². The van der Waals surface area contributed by atoms with E-state index in [9.17, 15) is 37.8 Å². The highest BCUT2D eigenvalue weighted by molar-refractivity contribution is 7.99. The fourth-order valence-corrected chi connectivity index (χ4v) is 5.92. The molecule has 0 aliphatic carbocycles. The van der Waals surface area contributed by atoms with Crippen molar-refractivity contribution in [3.63, 3.8) is 0 Å². The number of esters is 1. The van der Waals surface area contributed by atoms with Crippen molar-refractivity contribution in [1.82, 2.24) is 15.0 Å². The molecule has 4 rings (SSSR count).